The number of anilines is 1. The molecule has 0 aromatic heterocycles. The Morgan fingerprint density at radius 3 is 2.68 bits per heavy atom. The van der Waals surface area contributed by atoms with Gasteiger partial charge in [0.2, 0.25) is 0 Å². The van der Waals surface area contributed by atoms with E-state index >= 15 is 0 Å². The van der Waals surface area contributed by atoms with Crippen molar-refractivity contribution >= 4 is 11.6 Å². The average molecular weight is 266 g/mol. The summed E-state index contributed by atoms with van der Waals surface area (Å²) in [5.74, 6) is -0.906. The highest BCUT2D eigenvalue weighted by Crippen LogP contribution is 2.14. The van der Waals surface area contributed by atoms with Crippen LogP contribution in [0.4, 0.5) is 10.1 Å². The van der Waals surface area contributed by atoms with Crippen LogP contribution in [0.1, 0.15) is 56.3 Å². The van der Waals surface area contributed by atoms with Gasteiger partial charge < -0.3 is 11.1 Å². The number of nitrogens with two attached hydrogens (primary N) is 1. The Morgan fingerprint density at radius 2 is 2.05 bits per heavy atom. The van der Waals surface area contributed by atoms with Crippen LogP contribution in [-0.4, -0.2) is 11.9 Å². The van der Waals surface area contributed by atoms with E-state index in [-0.39, 0.29) is 17.5 Å². The topological polar surface area (TPSA) is 55.1 Å². The molecule has 1 atom stereocenters. The first-order valence-electron chi connectivity index (χ1n) is 6.94. The predicted molar refractivity (Wildman–Crippen MR) is 76.5 cm³/mol. The van der Waals surface area contributed by atoms with E-state index < -0.39 is 5.82 Å². The summed E-state index contributed by atoms with van der Waals surface area (Å²) in [5.41, 5.74) is 6.01. The second kappa shape index (κ2) is 7.77. The summed E-state index contributed by atoms with van der Waals surface area (Å²) >= 11 is 0. The normalized spacial score (nSPS) is 12.2. The summed E-state index contributed by atoms with van der Waals surface area (Å²) in [5, 5.41) is 2.90. The van der Waals surface area contributed by atoms with Crippen molar-refractivity contribution in [1.29, 1.82) is 0 Å². The fourth-order valence-corrected chi connectivity index (χ4v) is 2.07. The first-order chi connectivity index (χ1) is 9.08. The number of rotatable bonds is 7. The van der Waals surface area contributed by atoms with Crippen LogP contribution in [0.2, 0.25) is 0 Å². The van der Waals surface area contributed by atoms with Crippen molar-refractivity contribution in [2.75, 3.05) is 5.73 Å². The largest absolute Gasteiger partial charge is 0.399 e. The van der Waals surface area contributed by atoms with E-state index in [0.717, 1.165) is 32.1 Å². The van der Waals surface area contributed by atoms with Gasteiger partial charge >= 0.3 is 0 Å². The van der Waals surface area contributed by atoms with Crippen molar-refractivity contribution < 1.29 is 9.18 Å². The monoisotopic (exact) mass is 266 g/mol. The van der Waals surface area contributed by atoms with Crippen LogP contribution in [0.5, 0.6) is 0 Å². The maximum atomic E-state index is 13.6. The van der Waals surface area contributed by atoms with Crippen molar-refractivity contribution in [1.82, 2.24) is 5.32 Å². The highest BCUT2D eigenvalue weighted by Gasteiger charge is 2.16. The average Bonchev–Trinajstić information content (AvgIpc) is 2.39. The van der Waals surface area contributed by atoms with Gasteiger partial charge in [0.1, 0.15) is 5.82 Å². The van der Waals surface area contributed by atoms with Gasteiger partial charge in [0.15, 0.2) is 0 Å². The van der Waals surface area contributed by atoms with Crippen molar-refractivity contribution in [3.63, 3.8) is 0 Å². The number of benzene rings is 1. The summed E-state index contributed by atoms with van der Waals surface area (Å²) in [6.45, 7) is 4.19. The molecule has 1 rings (SSSR count). The minimum atomic E-state index is -0.530. The molecular formula is C15H23FN2O. The molecule has 1 aromatic rings. The molecule has 1 aromatic carbocycles. The van der Waals surface area contributed by atoms with Crippen molar-refractivity contribution in [3.05, 3.63) is 29.6 Å². The molecule has 0 radical (unpaired) electrons. The van der Waals surface area contributed by atoms with E-state index in [1.54, 1.807) is 0 Å². The molecule has 19 heavy (non-hydrogen) atoms. The summed E-state index contributed by atoms with van der Waals surface area (Å²) < 4.78 is 13.6. The summed E-state index contributed by atoms with van der Waals surface area (Å²) in [7, 11) is 0. The van der Waals surface area contributed by atoms with Gasteiger partial charge in [0, 0.05) is 11.7 Å². The summed E-state index contributed by atoms with van der Waals surface area (Å²) in [6, 6.07) is 4.17. The fraction of sp³-hybridized carbons (Fsp3) is 0.533. The zero-order chi connectivity index (χ0) is 14.3. The third-order valence-corrected chi connectivity index (χ3v) is 3.11. The maximum Gasteiger partial charge on any atom is 0.254 e. The Labute approximate surface area is 114 Å². The number of carbonyl (C=O) groups is 1. The lowest BCUT2D eigenvalue weighted by Crippen LogP contribution is -2.35. The van der Waals surface area contributed by atoms with Crippen LogP contribution < -0.4 is 11.1 Å². The van der Waals surface area contributed by atoms with E-state index in [0.29, 0.717) is 5.69 Å². The number of hydrogen-bond acceptors (Lipinski definition) is 2. The second-order valence-corrected chi connectivity index (χ2v) is 4.84. The van der Waals surface area contributed by atoms with Crippen LogP contribution in [0.15, 0.2) is 18.2 Å². The first kappa shape index (κ1) is 15.5. The molecule has 1 amide bonds. The third kappa shape index (κ3) is 4.89. The first-order valence-corrected chi connectivity index (χ1v) is 6.94. The van der Waals surface area contributed by atoms with Gasteiger partial charge in [-0.15, -0.1) is 0 Å². The fourth-order valence-electron chi connectivity index (χ4n) is 2.07. The van der Waals surface area contributed by atoms with Gasteiger partial charge in [-0.25, -0.2) is 4.39 Å². The third-order valence-electron chi connectivity index (χ3n) is 3.11. The standard InChI is InChI=1S/C15H23FN2O/c1-3-5-7-12(6-4-2)18-15(19)13-10-11(17)8-9-14(13)16/h8-10,12H,3-7,17H2,1-2H3,(H,18,19). The van der Waals surface area contributed by atoms with E-state index in [4.69, 9.17) is 5.73 Å². The van der Waals surface area contributed by atoms with Gasteiger partial charge in [-0.3, -0.25) is 4.79 Å². The second-order valence-electron chi connectivity index (χ2n) is 4.84. The number of carbonyl (C=O) groups excluding carboxylic acids is 1. The number of hydrogen-bond donors (Lipinski definition) is 2. The minimum absolute atomic E-state index is 0.0256. The molecule has 0 spiro atoms. The molecular weight excluding hydrogens is 243 g/mol. The lowest BCUT2D eigenvalue weighted by atomic mass is 10.0. The van der Waals surface area contributed by atoms with Crippen molar-refractivity contribution in [2.24, 2.45) is 0 Å². The quantitative estimate of drug-likeness (QED) is 0.742. The number of unbranched alkanes of at least 4 members (excludes halogenated alkanes) is 1. The van der Waals surface area contributed by atoms with E-state index in [9.17, 15) is 9.18 Å². The van der Waals surface area contributed by atoms with Gasteiger partial charge in [0.25, 0.3) is 5.91 Å². The zero-order valence-electron chi connectivity index (χ0n) is 11.7. The smallest absolute Gasteiger partial charge is 0.254 e. The molecule has 0 saturated heterocycles. The highest BCUT2D eigenvalue weighted by atomic mass is 19.1. The Hall–Kier alpha value is -1.58. The van der Waals surface area contributed by atoms with Crippen LogP contribution in [0.25, 0.3) is 0 Å². The minimum Gasteiger partial charge on any atom is -0.399 e. The molecule has 0 saturated carbocycles. The molecule has 0 fully saturated rings. The molecule has 0 bridgehead atoms. The molecule has 3 nitrogen and oxygen atoms in total. The van der Waals surface area contributed by atoms with Crippen molar-refractivity contribution in [2.45, 2.75) is 52.0 Å². The van der Waals surface area contributed by atoms with E-state index in [1.807, 2.05) is 0 Å². The van der Waals surface area contributed by atoms with E-state index in [2.05, 4.69) is 19.2 Å². The SMILES string of the molecule is CCCCC(CCC)NC(=O)c1cc(N)ccc1F. The van der Waals surface area contributed by atoms with Gasteiger partial charge in [0.05, 0.1) is 5.56 Å². The Bertz CT molecular complexity index is 421. The molecule has 0 heterocycles. The maximum absolute atomic E-state index is 13.6. The number of amides is 1. The van der Waals surface area contributed by atoms with Gasteiger partial charge in [-0.1, -0.05) is 33.1 Å². The summed E-state index contributed by atoms with van der Waals surface area (Å²) in [6.07, 6.45) is 4.98. The molecule has 106 valence electrons. The lowest BCUT2D eigenvalue weighted by Gasteiger charge is -2.18. The predicted octanol–water partition coefficient (Wildman–Crippen LogP) is 3.50. The van der Waals surface area contributed by atoms with Crippen LogP contribution in [0.3, 0.4) is 0 Å². The molecule has 4 heteroatoms. The number of nitrogen functional groups attached to an aromatic ring is 1. The van der Waals surface area contributed by atoms with Gasteiger partial charge in [-0.05, 0) is 31.0 Å². The van der Waals surface area contributed by atoms with E-state index in [1.165, 1.54) is 18.2 Å². The lowest BCUT2D eigenvalue weighted by molar-refractivity contribution is 0.0928. The summed E-state index contributed by atoms with van der Waals surface area (Å²) in [4.78, 5) is 12.1. The Kier molecular flexibility index (Phi) is 6.33. The zero-order valence-corrected chi connectivity index (χ0v) is 11.7. The highest BCUT2D eigenvalue weighted by molar-refractivity contribution is 5.95. The molecule has 0 aliphatic heterocycles. The molecule has 1 unspecified atom stereocenters. The van der Waals surface area contributed by atoms with Crippen LogP contribution in [0, 0.1) is 5.82 Å². The van der Waals surface area contributed by atoms with Crippen molar-refractivity contribution in [3.8, 4) is 0 Å². The van der Waals surface area contributed by atoms with Crippen LogP contribution >= 0.6 is 0 Å². The molecule has 3 N–H and O–H groups in total. The number of halogens is 1. The Morgan fingerprint density at radius 1 is 1.32 bits per heavy atom. The molecule has 0 aliphatic carbocycles. The molecule has 0 aliphatic rings. The number of nitrogens with one attached hydrogen (secondary N) is 1. The Balaban J connectivity index is 2.72. The van der Waals surface area contributed by atoms with Crippen LogP contribution in [-0.2, 0) is 0 Å². The van der Waals surface area contributed by atoms with Gasteiger partial charge in [-0.2, -0.15) is 0 Å².